The summed E-state index contributed by atoms with van der Waals surface area (Å²) in [6, 6.07) is 5.73. The number of aromatic hydroxyl groups is 4. The molecule has 0 unspecified atom stereocenters. The van der Waals surface area contributed by atoms with E-state index >= 15 is 0 Å². The third-order valence-corrected chi connectivity index (χ3v) is 5.45. The largest absolute Gasteiger partial charge is 0.507 e. The molecule has 0 aliphatic carbocycles. The molecule has 1 fully saturated rings. The average Bonchev–Trinajstić information content (AvgIpc) is 2.74. The topological polar surface area (TPSA) is 201 Å². The normalized spacial score (nSPS) is 25.8. The van der Waals surface area contributed by atoms with E-state index in [2.05, 4.69) is 0 Å². The Morgan fingerprint density at radius 1 is 0.844 bits per heavy atom. The van der Waals surface area contributed by atoms with E-state index < -0.39 is 65.4 Å². The smallest absolute Gasteiger partial charge is 0.197 e. The molecular formula is C21H20O11. The number of hydrogen-bond acceptors (Lipinski definition) is 11. The van der Waals surface area contributed by atoms with Gasteiger partial charge in [0, 0.05) is 17.7 Å². The van der Waals surface area contributed by atoms with E-state index in [1.54, 1.807) is 0 Å². The van der Waals surface area contributed by atoms with Crippen LogP contribution in [-0.2, 0) is 4.74 Å². The van der Waals surface area contributed by atoms with Crippen LogP contribution in [0.25, 0.3) is 22.3 Å². The van der Waals surface area contributed by atoms with E-state index in [-0.39, 0.29) is 28.0 Å². The summed E-state index contributed by atoms with van der Waals surface area (Å²) in [6.45, 7) is -0.721. The molecule has 4 rings (SSSR count). The van der Waals surface area contributed by atoms with Crippen molar-refractivity contribution in [1.29, 1.82) is 0 Å². The van der Waals surface area contributed by atoms with Crippen molar-refractivity contribution in [1.82, 2.24) is 0 Å². The molecule has 0 radical (unpaired) electrons. The van der Waals surface area contributed by atoms with Crippen LogP contribution in [0.4, 0.5) is 0 Å². The second-order valence-electron chi connectivity index (χ2n) is 7.46. The molecule has 1 aliphatic rings. The molecule has 0 amide bonds. The molecule has 0 bridgehead atoms. The Morgan fingerprint density at radius 3 is 2.22 bits per heavy atom. The fourth-order valence-electron chi connectivity index (χ4n) is 3.74. The van der Waals surface area contributed by atoms with E-state index in [4.69, 9.17) is 9.15 Å². The van der Waals surface area contributed by atoms with Gasteiger partial charge in [0.15, 0.2) is 16.9 Å². The zero-order chi connectivity index (χ0) is 23.3. The Kier molecular flexibility index (Phi) is 5.44. The predicted molar refractivity (Wildman–Crippen MR) is 107 cm³/mol. The lowest BCUT2D eigenvalue weighted by molar-refractivity contribution is -0.232. The molecule has 32 heavy (non-hydrogen) atoms. The van der Waals surface area contributed by atoms with E-state index in [1.165, 1.54) is 12.1 Å². The summed E-state index contributed by atoms with van der Waals surface area (Å²) < 4.78 is 11.0. The van der Waals surface area contributed by atoms with Crippen molar-refractivity contribution in [2.24, 2.45) is 0 Å². The molecule has 1 aromatic heterocycles. The van der Waals surface area contributed by atoms with Crippen LogP contribution >= 0.6 is 0 Å². The maximum atomic E-state index is 12.8. The highest BCUT2D eigenvalue weighted by Crippen LogP contribution is 2.44. The van der Waals surface area contributed by atoms with Crippen LogP contribution in [-0.4, -0.2) is 71.9 Å². The molecule has 0 saturated carbocycles. The number of ether oxygens (including phenoxy) is 1. The average molecular weight is 448 g/mol. The molecule has 2 heterocycles. The van der Waals surface area contributed by atoms with Crippen molar-refractivity contribution in [3.05, 3.63) is 46.1 Å². The first-order valence-corrected chi connectivity index (χ1v) is 9.49. The third-order valence-electron chi connectivity index (χ3n) is 5.45. The van der Waals surface area contributed by atoms with Gasteiger partial charge >= 0.3 is 0 Å². The van der Waals surface area contributed by atoms with Crippen LogP contribution in [0.5, 0.6) is 23.0 Å². The summed E-state index contributed by atoms with van der Waals surface area (Å²) in [4.78, 5) is 12.8. The van der Waals surface area contributed by atoms with Gasteiger partial charge in [-0.25, -0.2) is 0 Å². The predicted octanol–water partition coefficient (Wildman–Crippen LogP) is -0.203. The van der Waals surface area contributed by atoms with Gasteiger partial charge in [0.2, 0.25) is 0 Å². The van der Waals surface area contributed by atoms with E-state index in [9.17, 15) is 45.6 Å². The molecule has 5 atom stereocenters. The van der Waals surface area contributed by atoms with Gasteiger partial charge in [0.05, 0.1) is 12.2 Å². The highest BCUT2D eigenvalue weighted by atomic mass is 16.5. The van der Waals surface area contributed by atoms with E-state index in [0.29, 0.717) is 0 Å². The van der Waals surface area contributed by atoms with Gasteiger partial charge in [-0.1, -0.05) is 0 Å². The number of rotatable bonds is 3. The zero-order valence-electron chi connectivity index (χ0n) is 16.3. The Hall–Kier alpha value is -3.35. The Morgan fingerprint density at radius 2 is 1.56 bits per heavy atom. The highest BCUT2D eigenvalue weighted by molar-refractivity contribution is 5.88. The minimum Gasteiger partial charge on any atom is -0.507 e. The second-order valence-corrected chi connectivity index (χ2v) is 7.46. The Bertz CT molecular complexity index is 1230. The lowest BCUT2D eigenvalue weighted by Gasteiger charge is -2.40. The summed E-state index contributed by atoms with van der Waals surface area (Å²) >= 11 is 0. The number of benzene rings is 2. The van der Waals surface area contributed by atoms with E-state index in [0.717, 1.165) is 18.2 Å². The molecule has 3 aromatic rings. The monoisotopic (exact) mass is 448 g/mol. The fourth-order valence-corrected chi connectivity index (χ4v) is 3.74. The van der Waals surface area contributed by atoms with Gasteiger partial charge in [-0.2, -0.15) is 0 Å². The number of aliphatic hydroxyl groups is 4. The number of hydrogen-bond donors (Lipinski definition) is 8. The van der Waals surface area contributed by atoms with Crippen LogP contribution in [0.3, 0.4) is 0 Å². The summed E-state index contributed by atoms with van der Waals surface area (Å²) in [7, 11) is 0. The van der Waals surface area contributed by atoms with Crippen LogP contribution in [0.2, 0.25) is 0 Å². The van der Waals surface area contributed by atoms with E-state index in [1.807, 2.05) is 0 Å². The highest BCUT2D eigenvalue weighted by Gasteiger charge is 2.46. The van der Waals surface area contributed by atoms with Gasteiger partial charge in [0.25, 0.3) is 0 Å². The molecule has 11 nitrogen and oxygen atoms in total. The molecule has 1 aliphatic heterocycles. The zero-order valence-corrected chi connectivity index (χ0v) is 16.3. The van der Waals surface area contributed by atoms with Gasteiger partial charge in [-0.15, -0.1) is 0 Å². The molecule has 8 N–H and O–H groups in total. The minimum atomic E-state index is -1.80. The Balaban J connectivity index is 1.86. The van der Waals surface area contributed by atoms with Gasteiger partial charge in [0.1, 0.15) is 58.7 Å². The molecule has 2 aromatic carbocycles. The minimum absolute atomic E-state index is 0.0304. The molecular weight excluding hydrogens is 428 g/mol. The molecule has 170 valence electrons. The lowest BCUT2D eigenvalue weighted by Crippen LogP contribution is -2.55. The number of phenolic OH excluding ortho intramolecular Hbond substituents is 4. The van der Waals surface area contributed by atoms with Gasteiger partial charge < -0.3 is 50.0 Å². The van der Waals surface area contributed by atoms with Crippen LogP contribution < -0.4 is 5.43 Å². The van der Waals surface area contributed by atoms with Crippen molar-refractivity contribution >= 4 is 11.0 Å². The third kappa shape index (κ3) is 3.42. The number of aliphatic hydroxyl groups excluding tert-OH is 4. The van der Waals surface area contributed by atoms with Gasteiger partial charge in [-0.05, 0) is 18.2 Å². The molecule has 1 saturated heterocycles. The number of fused-ring (bicyclic) bond motifs is 1. The van der Waals surface area contributed by atoms with Crippen LogP contribution in [0, 0.1) is 0 Å². The lowest BCUT2D eigenvalue weighted by atomic mass is 9.89. The SMILES string of the molecule is O=c1cc(-c2ccc(O)c(O)c2)oc2cc(O)c([C@@H]3O[C@@H](CO)[C@H](O)[C@H](O)[C@H]3O)c(O)c12. The van der Waals surface area contributed by atoms with Crippen LogP contribution in [0.1, 0.15) is 11.7 Å². The van der Waals surface area contributed by atoms with Crippen molar-refractivity contribution in [2.75, 3.05) is 6.61 Å². The summed E-state index contributed by atoms with van der Waals surface area (Å²) in [5.41, 5.74) is -1.17. The first kappa shape index (κ1) is 21.9. The first-order valence-electron chi connectivity index (χ1n) is 9.49. The maximum absolute atomic E-state index is 12.8. The summed E-state index contributed by atoms with van der Waals surface area (Å²) in [5.74, 6) is -2.28. The fraction of sp³-hybridized carbons (Fsp3) is 0.286. The Labute approximate surface area is 179 Å². The van der Waals surface area contributed by atoms with Crippen molar-refractivity contribution in [3.63, 3.8) is 0 Å². The molecule has 0 spiro atoms. The quantitative estimate of drug-likeness (QED) is 0.247. The van der Waals surface area contributed by atoms with Crippen LogP contribution in [0.15, 0.2) is 39.5 Å². The van der Waals surface area contributed by atoms with Crippen molar-refractivity contribution in [2.45, 2.75) is 30.5 Å². The summed E-state index contributed by atoms with van der Waals surface area (Å²) in [5, 5.41) is 79.6. The molecule has 11 heteroatoms. The summed E-state index contributed by atoms with van der Waals surface area (Å²) in [6.07, 6.45) is -8.09. The second kappa shape index (κ2) is 7.97. The first-order chi connectivity index (χ1) is 15.1. The number of phenols is 4. The van der Waals surface area contributed by atoms with Gasteiger partial charge in [-0.3, -0.25) is 4.79 Å². The van der Waals surface area contributed by atoms with Crippen molar-refractivity contribution in [3.8, 4) is 34.3 Å². The standard InChI is InChI=1S/C21H20O11/c22-6-14-17(27)19(29)20(30)21(32-14)16-11(26)5-13-15(18(16)28)10(25)4-12(31-13)7-1-2-8(23)9(24)3-7/h1-5,14,17,19-24,26-30H,6H2/t14-,17-,19-,20+,21-/m0/s1. The van der Waals surface area contributed by atoms with Crippen molar-refractivity contribution < 1.29 is 50.0 Å². The maximum Gasteiger partial charge on any atom is 0.197 e.